The zero-order valence-corrected chi connectivity index (χ0v) is 11.1. The van der Waals surface area contributed by atoms with Crippen molar-refractivity contribution in [1.82, 2.24) is 0 Å². The van der Waals surface area contributed by atoms with E-state index in [1.807, 2.05) is 0 Å². The number of benzene rings is 1. The summed E-state index contributed by atoms with van der Waals surface area (Å²) in [6.45, 7) is 5.37. The average molecular weight is 251 g/mol. The molecule has 0 radical (unpaired) electrons. The van der Waals surface area contributed by atoms with Gasteiger partial charge in [-0.25, -0.2) is 4.79 Å². The molecule has 0 atom stereocenters. The number of hydrogen-bond donors (Lipinski definition) is 2. The van der Waals surface area contributed by atoms with Crippen LogP contribution in [0, 0.1) is 0 Å². The van der Waals surface area contributed by atoms with Crippen LogP contribution in [-0.4, -0.2) is 30.9 Å². The smallest absolute Gasteiger partial charge is 0.444 e. The lowest BCUT2D eigenvalue weighted by molar-refractivity contribution is 0.0636. The minimum Gasteiger partial charge on any atom is -0.444 e. The van der Waals surface area contributed by atoms with Gasteiger partial charge in [0.15, 0.2) is 0 Å². The highest BCUT2D eigenvalue weighted by Crippen LogP contribution is 2.10. The van der Waals surface area contributed by atoms with Gasteiger partial charge in [0.05, 0.1) is 0 Å². The molecule has 0 aromatic heterocycles. The zero-order chi connectivity index (χ0) is 13.8. The van der Waals surface area contributed by atoms with E-state index >= 15 is 0 Å². The van der Waals surface area contributed by atoms with Crippen molar-refractivity contribution in [1.29, 1.82) is 0 Å². The molecule has 0 aliphatic carbocycles. The molecule has 0 saturated carbocycles. The Balaban J connectivity index is 2.71. The summed E-state index contributed by atoms with van der Waals surface area (Å²) in [6.07, 6.45) is -0.536. The van der Waals surface area contributed by atoms with Crippen LogP contribution >= 0.6 is 0 Å². The summed E-state index contributed by atoms with van der Waals surface area (Å²) in [7, 11) is 0.393. The van der Waals surface area contributed by atoms with Gasteiger partial charge in [-0.3, -0.25) is 5.32 Å². The second kappa shape index (κ2) is 5.88. The van der Waals surface area contributed by atoms with E-state index in [9.17, 15) is 9.82 Å². The molecular weight excluding hydrogens is 233 g/mol. The predicted octanol–water partition coefficient (Wildman–Crippen LogP) is 1.37. The molecule has 0 bridgehead atoms. The Labute approximate surface area is 107 Å². The highest BCUT2D eigenvalue weighted by atomic mass is 16.6. The first kappa shape index (κ1) is 14.5. The topological polar surface area (TPSA) is 67.8 Å². The minimum atomic E-state index is -1.01. The van der Waals surface area contributed by atoms with Gasteiger partial charge in [0.2, 0.25) is 0 Å². The quantitative estimate of drug-likeness (QED) is 0.796. The molecule has 5 nitrogen and oxygen atoms in total. The van der Waals surface area contributed by atoms with Gasteiger partial charge in [-0.15, -0.1) is 0 Å². The maximum absolute atomic E-state index is 11.6. The van der Waals surface area contributed by atoms with Gasteiger partial charge in [0.25, 0.3) is 0 Å². The van der Waals surface area contributed by atoms with Crippen molar-refractivity contribution in [3.8, 4) is 0 Å². The molecule has 1 aromatic carbocycles. The number of hydrogen-bond acceptors (Lipinski definition) is 4. The third-order valence-electron chi connectivity index (χ3n) is 2.04. The van der Waals surface area contributed by atoms with Gasteiger partial charge in [-0.05, 0) is 38.4 Å². The summed E-state index contributed by atoms with van der Waals surface area (Å²) >= 11 is 0. The van der Waals surface area contributed by atoms with Gasteiger partial charge >= 0.3 is 13.2 Å². The molecule has 0 aliphatic rings. The maximum Gasteiger partial charge on any atom is 0.491 e. The fourth-order valence-corrected chi connectivity index (χ4v) is 1.33. The van der Waals surface area contributed by atoms with E-state index in [1.54, 1.807) is 45.0 Å². The lowest BCUT2D eigenvalue weighted by Gasteiger charge is -2.19. The number of anilines is 1. The van der Waals surface area contributed by atoms with E-state index in [0.29, 0.717) is 11.2 Å². The lowest BCUT2D eigenvalue weighted by atomic mass is 9.79. The van der Waals surface area contributed by atoms with Crippen molar-refractivity contribution in [3.05, 3.63) is 24.3 Å². The Bertz CT molecular complexity index is 417. The number of amides is 1. The van der Waals surface area contributed by atoms with Crippen molar-refractivity contribution >= 4 is 24.4 Å². The molecular formula is C12H18BNO4. The third kappa shape index (κ3) is 4.77. The van der Waals surface area contributed by atoms with Crippen molar-refractivity contribution < 1.29 is 19.2 Å². The fraction of sp³-hybridized carbons (Fsp3) is 0.417. The lowest BCUT2D eigenvalue weighted by Crippen LogP contribution is -2.33. The first-order valence-corrected chi connectivity index (χ1v) is 5.62. The molecule has 98 valence electrons. The first-order chi connectivity index (χ1) is 8.31. The molecule has 0 aliphatic heterocycles. The fourth-order valence-electron chi connectivity index (χ4n) is 1.33. The van der Waals surface area contributed by atoms with E-state index in [2.05, 4.69) is 5.32 Å². The van der Waals surface area contributed by atoms with E-state index in [1.165, 1.54) is 7.11 Å². The molecule has 1 aromatic rings. The van der Waals surface area contributed by atoms with E-state index in [0.717, 1.165) is 0 Å². The van der Waals surface area contributed by atoms with Crippen LogP contribution in [-0.2, 0) is 9.39 Å². The van der Waals surface area contributed by atoms with Crippen molar-refractivity contribution in [2.75, 3.05) is 12.4 Å². The van der Waals surface area contributed by atoms with Gasteiger partial charge in [-0.2, -0.15) is 0 Å². The molecule has 18 heavy (non-hydrogen) atoms. The molecule has 0 fully saturated rings. The average Bonchev–Trinajstić information content (AvgIpc) is 2.25. The molecule has 0 heterocycles. The second-order valence-electron chi connectivity index (χ2n) is 4.84. The summed E-state index contributed by atoms with van der Waals surface area (Å²) in [6, 6.07) is 6.74. The number of nitrogens with one attached hydrogen (secondary N) is 1. The molecule has 0 spiro atoms. The molecule has 0 unspecified atom stereocenters. The number of carbonyl (C=O) groups excluding carboxylic acids is 1. The van der Waals surface area contributed by atoms with Crippen LogP contribution in [0.1, 0.15) is 20.8 Å². The Hall–Kier alpha value is -1.53. The zero-order valence-electron chi connectivity index (χ0n) is 11.1. The SMILES string of the molecule is COB(O)c1cccc(NC(=O)OC(C)(C)C)c1. The van der Waals surface area contributed by atoms with Gasteiger partial charge in [-0.1, -0.05) is 12.1 Å². The predicted molar refractivity (Wildman–Crippen MR) is 70.9 cm³/mol. The standard InChI is InChI=1S/C12H18BNO4/c1-12(2,3)18-11(15)14-10-7-5-6-9(8-10)13(16)17-4/h5-8,16H,1-4H3,(H,14,15). The maximum atomic E-state index is 11.6. The van der Waals surface area contributed by atoms with E-state index in [4.69, 9.17) is 9.39 Å². The minimum absolute atomic E-state index is 0.536. The Morgan fingerprint density at radius 3 is 2.61 bits per heavy atom. The number of rotatable bonds is 3. The summed E-state index contributed by atoms with van der Waals surface area (Å²) in [5.41, 5.74) is 0.553. The van der Waals surface area contributed by atoms with Crippen LogP contribution in [0.4, 0.5) is 10.5 Å². The number of ether oxygens (including phenoxy) is 1. The molecule has 1 rings (SSSR count). The summed E-state index contributed by atoms with van der Waals surface area (Å²) < 4.78 is 9.91. The van der Waals surface area contributed by atoms with Crippen LogP contribution in [0.25, 0.3) is 0 Å². The van der Waals surface area contributed by atoms with Crippen molar-refractivity contribution in [2.45, 2.75) is 26.4 Å². The highest BCUT2D eigenvalue weighted by molar-refractivity contribution is 6.60. The van der Waals surface area contributed by atoms with E-state index < -0.39 is 18.8 Å². The summed E-state index contributed by atoms with van der Waals surface area (Å²) in [4.78, 5) is 11.6. The Morgan fingerprint density at radius 1 is 1.39 bits per heavy atom. The van der Waals surface area contributed by atoms with Crippen LogP contribution < -0.4 is 10.8 Å². The van der Waals surface area contributed by atoms with Crippen LogP contribution in [0.5, 0.6) is 0 Å². The van der Waals surface area contributed by atoms with Gasteiger partial charge in [0, 0.05) is 12.8 Å². The summed E-state index contributed by atoms with van der Waals surface area (Å²) in [5.74, 6) is 0. The van der Waals surface area contributed by atoms with Crippen molar-refractivity contribution in [2.24, 2.45) is 0 Å². The Kier molecular flexibility index (Phi) is 4.75. The molecule has 6 heteroatoms. The molecule has 1 amide bonds. The van der Waals surface area contributed by atoms with Crippen LogP contribution in [0.3, 0.4) is 0 Å². The van der Waals surface area contributed by atoms with Crippen LogP contribution in [0.15, 0.2) is 24.3 Å². The summed E-state index contributed by atoms with van der Waals surface area (Å²) in [5, 5.41) is 12.1. The largest absolute Gasteiger partial charge is 0.491 e. The second-order valence-corrected chi connectivity index (χ2v) is 4.84. The number of carbonyl (C=O) groups is 1. The Morgan fingerprint density at radius 2 is 2.06 bits per heavy atom. The van der Waals surface area contributed by atoms with E-state index in [-0.39, 0.29) is 0 Å². The third-order valence-corrected chi connectivity index (χ3v) is 2.04. The van der Waals surface area contributed by atoms with Gasteiger partial charge in [0.1, 0.15) is 5.60 Å². The van der Waals surface area contributed by atoms with Crippen LogP contribution in [0.2, 0.25) is 0 Å². The first-order valence-electron chi connectivity index (χ1n) is 5.62. The van der Waals surface area contributed by atoms with Crippen molar-refractivity contribution in [3.63, 3.8) is 0 Å². The van der Waals surface area contributed by atoms with Gasteiger partial charge < -0.3 is 14.4 Å². The highest BCUT2D eigenvalue weighted by Gasteiger charge is 2.18. The molecule has 0 saturated heterocycles. The monoisotopic (exact) mass is 251 g/mol. The normalized spacial score (nSPS) is 10.9. The molecule has 2 N–H and O–H groups in total.